The lowest BCUT2D eigenvalue weighted by molar-refractivity contribution is -0.117. The maximum absolute atomic E-state index is 12.4. The molecule has 2 heterocycles. The molecule has 8 rings (SSSR count). The summed E-state index contributed by atoms with van der Waals surface area (Å²) in [6.45, 7) is 4.13. The quantitative estimate of drug-likeness (QED) is 0.418. The van der Waals surface area contributed by atoms with E-state index in [-0.39, 0.29) is 17.6 Å². The van der Waals surface area contributed by atoms with Gasteiger partial charge < -0.3 is 19.5 Å². The van der Waals surface area contributed by atoms with Crippen LogP contribution in [0.3, 0.4) is 0 Å². The minimum absolute atomic E-state index is 0.104. The van der Waals surface area contributed by atoms with E-state index in [0.29, 0.717) is 44.3 Å². The Kier molecular flexibility index (Phi) is 6.54. The van der Waals surface area contributed by atoms with Crippen molar-refractivity contribution in [3.05, 3.63) is 76.4 Å². The average molecular weight is 590 g/mol. The first kappa shape index (κ1) is 27.7. The number of nitrogens with zero attached hydrogens (tertiary/aromatic N) is 1. The topological polar surface area (TPSA) is 76.1 Å². The Morgan fingerprint density at radius 2 is 1.77 bits per heavy atom. The van der Waals surface area contributed by atoms with Crippen LogP contribution in [0.1, 0.15) is 81.8 Å². The molecule has 2 aliphatic heterocycles. The number of aliphatic hydroxyl groups is 1. The summed E-state index contributed by atoms with van der Waals surface area (Å²) >= 11 is 0. The summed E-state index contributed by atoms with van der Waals surface area (Å²) < 4.78 is 11.9. The molecule has 2 unspecified atom stereocenters. The highest BCUT2D eigenvalue weighted by molar-refractivity contribution is 5.95. The molecule has 2 saturated carbocycles. The van der Waals surface area contributed by atoms with Crippen LogP contribution in [0.15, 0.2) is 65.3 Å². The Morgan fingerprint density at radius 3 is 2.57 bits per heavy atom. The number of rotatable bonds is 2. The predicted molar refractivity (Wildman–Crippen MR) is 168 cm³/mol. The molecule has 0 aromatic heterocycles. The third kappa shape index (κ3) is 4.35. The second kappa shape index (κ2) is 10.4. The van der Waals surface area contributed by atoms with E-state index in [1.165, 1.54) is 22.3 Å². The van der Waals surface area contributed by atoms with Gasteiger partial charge in [0.1, 0.15) is 18.8 Å². The minimum Gasteiger partial charge on any atom is -0.486 e. The van der Waals surface area contributed by atoms with Gasteiger partial charge in [0.25, 0.3) is 0 Å². The summed E-state index contributed by atoms with van der Waals surface area (Å²) in [4.78, 5) is 26.4. The Morgan fingerprint density at radius 1 is 0.955 bits per heavy atom. The molecule has 1 amide bonds. The van der Waals surface area contributed by atoms with Crippen LogP contribution < -0.4 is 14.4 Å². The molecule has 6 nitrogen and oxygen atoms in total. The number of ketones is 1. The third-order valence-corrected chi connectivity index (χ3v) is 11.5. The van der Waals surface area contributed by atoms with Crippen molar-refractivity contribution in [3.63, 3.8) is 0 Å². The monoisotopic (exact) mass is 589 g/mol. The van der Waals surface area contributed by atoms with Gasteiger partial charge in [0.15, 0.2) is 17.3 Å². The van der Waals surface area contributed by atoms with Crippen LogP contribution in [0.25, 0.3) is 0 Å². The minimum atomic E-state index is -1.12. The van der Waals surface area contributed by atoms with Gasteiger partial charge in [-0.3, -0.25) is 9.59 Å². The lowest BCUT2D eigenvalue weighted by Gasteiger charge is -2.53. The molecule has 226 valence electrons. The molecule has 1 saturated heterocycles. The van der Waals surface area contributed by atoms with Crippen molar-refractivity contribution in [2.45, 2.75) is 76.2 Å². The number of hydrogen-bond acceptors (Lipinski definition) is 5. The van der Waals surface area contributed by atoms with E-state index < -0.39 is 11.0 Å². The van der Waals surface area contributed by atoms with Crippen LogP contribution in [0, 0.1) is 29.1 Å². The maximum atomic E-state index is 12.4. The predicted octanol–water partition coefficient (Wildman–Crippen LogP) is 6.27. The van der Waals surface area contributed by atoms with Crippen LogP contribution in [-0.2, 0) is 9.59 Å². The van der Waals surface area contributed by atoms with E-state index in [4.69, 9.17) is 9.47 Å². The van der Waals surface area contributed by atoms with Gasteiger partial charge in [-0.2, -0.15) is 0 Å². The number of amides is 1. The second-order valence-electron chi connectivity index (χ2n) is 13.7. The largest absolute Gasteiger partial charge is 0.486 e. The zero-order valence-corrected chi connectivity index (χ0v) is 25.4. The number of allylic oxidation sites excluding steroid dienone is 4. The molecule has 2 aromatic rings. The summed E-state index contributed by atoms with van der Waals surface area (Å²) in [5.41, 5.74) is 5.53. The van der Waals surface area contributed by atoms with Crippen LogP contribution >= 0.6 is 0 Å². The van der Waals surface area contributed by atoms with Crippen LogP contribution in [0.5, 0.6) is 11.5 Å². The first-order valence-electron chi connectivity index (χ1n) is 16.4. The average Bonchev–Trinajstić information content (AvgIpc) is 3.59. The molecule has 2 aromatic carbocycles. The Hall–Kier alpha value is -3.82. The fourth-order valence-electron chi connectivity index (χ4n) is 9.27. The molecule has 6 aliphatic rings. The lowest BCUT2D eigenvalue weighted by Crippen LogP contribution is -2.51. The van der Waals surface area contributed by atoms with Gasteiger partial charge >= 0.3 is 0 Å². The molecular formula is C38H39NO5. The number of carbonyl (C=O) groups excluding carboxylic acids is 2. The van der Waals surface area contributed by atoms with Crippen molar-refractivity contribution >= 4 is 17.4 Å². The molecule has 3 fully saturated rings. The Labute approximate surface area is 259 Å². The van der Waals surface area contributed by atoms with Gasteiger partial charge in [0.2, 0.25) is 5.91 Å². The van der Waals surface area contributed by atoms with E-state index in [0.717, 1.165) is 67.8 Å². The highest BCUT2D eigenvalue weighted by atomic mass is 16.6. The Bertz CT molecular complexity index is 1670. The summed E-state index contributed by atoms with van der Waals surface area (Å²) in [7, 11) is 0. The third-order valence-electron chi connectivity index (χ3n) is 11.5. The molecule has 44 heavy (non-hydrogen) atoms. The van der Waals surface area contributed by atoms with Crippen molar-refractivity contribution in [2.75, 3.05) is 24.7 Å². The molecule has 5 atom stereocenters. The number of carbonyl (C=O) groups is 2. The van der Waals surface area contributed by atoms with Gasteiger partial charge in [-0.15, -0.1) is 0 Å². The van der Waals surface area contributed by atoms with Crippen LogP contribution in [0.2, 0.25) is 0 Å². The molecule has 1 N–H and O–H groups in total. The number of benzene rings is 2. The van der Waals surface area contributed by atoms with E-state index >= 15 is 0 Å². The van der Waals surface area contributed by atoms with Crippen molar-refractivity contribution in [1.29, 1.82) is 0 Å². The Balaban J connectivity index is 1.17. The number of fused-ring (bicyclic) bond motifs is 5. The SMILES string of the molecule is C[C@]12C[C@H](c3ccc4c(c3)OCCO4)C3=C4CCC(=O)C=C4CCC3C1CC[C@@]2(O)C#Cc1ccc(N2CCCC2=O)cc1. The van der Waals surface area contributed by atoms with Gasteiger partial charge in [0, 0.05) is 42.0 Å². The standard InChI is InChI=1S/C38H39NO5/c1-37-23-31(26-7-13-33-34(22-26)44-20-19-43-33)36-29-12-10-28(40)21-25(29)6-11-30(36)32(37)15-17-38(37,42)16-14-24-4-8-27(9-5-24)39-18-2-3-35(39)41/h4-5,7-9,13,21-22,30-32,42H,2-3,6,10-12,15,17-20,23H2,1H3/t30?,31-,32?,37+,38+/m1/s1. The lowest BCUT2D eigenvalue weighted by atomic mass is 9.51. The maximum Gasteiger partial charge on any atom is 0.227 e. The normalized spacial score (nSPS) is 32.4. The number of ether oxygens (including phenoxy) is 2. The highest BCUT2D eigenvalue weighted by Gasteiger charge is 2.62. The van der Waals surface area contributed by atoms with E-state index in [2.05, 4.69) is 30.9 Å². The summed E-state index contributed by atoms with van der Waals surface area (Å²) in [6, 6.07) is 14.2. The van der Waals surface area contributed by atoms with Gasteiger partial charge in [-0.25, -0.2) is 0 Å². The zero-order chi connectivity index (χ0) is 30.1. The summed E-state index contributed by atoms with van der Waals surface area (Å²) in [5.74, 6) is 9.49. The first-order chi connectivity index (χ1) is 21.3. The van der Waals surface area contributed by atoms with E-state index in [1.54, 1.807) is 0 Å². The summed E-state index contributed by atoms with van der Waals surface area (Å²) in [6.07, 6.45) is 9.08. The highest BCUT2D eigenvalue weighted by Crippen LogP contribution is 2.66. The molecule has 0 spiro atoms. The smallest absolute Gasteiger partial charge is 0.227 e. The summed E-state index contributed by atoms with van der Waals surface area (Å²) in [5, 5.41) is 12.4. The van der Waals surface area contributed by atoms with Gasteiger partial charge in [-0.05, 0) is 116 Å². The van der Waals surface area contributed by atoms with Crippen molar-refractivity contribution < 1.29 is 24.2 Å². The fraction of sp³-hybridized carbons (Fsp3) is 0.474. The molecular weight excluding hydrogens is 550 g/mol. The first-order valence-corrected chi connectivity index (χ1v) is 16.4. The van der Waals surface area contributed by atoms with Crippen LogP contribution in [0.4, 0.5) is 5.69 Å². The van der Waals surface area contributed by atoms with Gasteiger partial charge in [0.05, 0.1) is 0 Å². The molecule has 0 bridgehead atoms. The molecule has 6 heteroatoms. The van der Waals surface area contributed by atoms with Gasteiger partial charge in [-0.1, -0.05) is 30.4 Å². The van der Waals surface area contributed by atoms with Crippen LogP contribution in [-0.4, -0.2) is 42.2 Å². The van der Waals surface area contributed by atoms with Crippen molar-refractivity contribution in [2.24, 2.45) is 17.3 Å². The van der Waals surface area contributed by atoms with Crippen molar-refractivity contribution in [3.8, 4) is 23.3 Å². The molecule has 4 aliphatic carbocycles. The number of anilines is 1. The zero-order valence-electron chi connectivity index (χ0n) is 25.4. The second-order valence-corrected chi connectivity index (χ2v) is 13.7. The van der Waals surface area contributed by atoms with Crippen molar-refractivity contribution in [1.82, 2.24) is 0 Å². The van der Waals surface area contributed by atoms with E-state index in [9.17, 15) is 14.7 Å². The van der Waals surface area contributed by atoms with E-state index in [1.807, 2.05) is 41.3 Å². The fourth-order valence-corrected chi connectivity index (χ4v) is 9.27. The number of hydrogen-bond donors (Lipinski definition) is 1. The molecule has 0 radical (unpaired) electrons.